The van der Waals surface area contributed by atoms with E-state index in [1.165, 1.54) is 0 Å². The van der Waals surface area contributed by atoms with E-state index in [1.54, 1.807) is 12.1 Å². The van der Waals surface area contributed by atoms with Gasteiger partial charge in [-0.3, -0.25) is 0 Å². The minimum atomic E-state index is -0.0874. The summed E-state index contributed by atoms with van der Waals surface area (Å²) in [7, 11) is 0. The first-order chi connectivity index (χ1) is 9.92. The SMILES string of the molecule is Cc1cc(C)c(C#N)c(NC(C)c2ccc(Cl)cc2Cl)n1. The minimum Gasteiger partial charge on any atom is -0.362 e. The molecular formula is C16H15Cl2N3. The van der Waals surface area contributed by atoms with Crippen LogP contribution in [0.2, 0.25) is 10.0 Å². The molecule has 3 nitrogen and oxygen atoms in total. The van der Waals surface area contributed by atoms with Gasteiger partial charge in [0.05, 0.1) is 11.6 Å². The largest absolute Gasteiger partial charge is 0.362 e. The summed E-state index contributed by atoms with van der Waals surface area (Å²) in [5.74, 6) is 0.577. The predicted octanol–water partition coefficient (Wildman–Crippen LogP) is 5.05. The van der Waals surface area contributed by atoms with Crippen molar-refractivity contribution >= 4 is 29.0 Å². The van der Waals surface area contributed by atoms with Crippen LogP contribution in [0.3, 0.4) is 0 Å². The molecule has 0 radical (unpaired) electrons. The van der Waals surface area contributed by atoms with E-state index in [9.17, 15) is 5.26 Å². The van der Waals surface area contributed by atoms with Gasteiger partial charge in [-0.2, -0.15) is 5.26 Å². The lowest BCUT2D eigenvalue weighted by atomic mass is 10.1. The van der Waals surface area contributed by atoms with E-state index >= 15 is 0 Å². The number of anilines is 1. The van der Waals surface area contributed by atoms with Crippen LogP contribution >= 0.6 is 23.2 Å². The summed E-state index contributed by atoms with van der Waals surface area (Å²) in [5.41, 5.74) is 3.23. The smallest absolute Gasteiger partial charge is 0.144 e. The van der Waals surface area contributed by atoms with Gasteiger partial charge in [0.1, 0.15) is 11.9 Å². The van der Waals surface area contributed by atoms with E-state index in [0.717, 1.165) is 16.8 Å². The summed E-state index contributed by atoms with van der Waals surface area (Å²) in [6.07, 6.45) is 0. The molecule has 0 saturated heterocycles. The number of nitrogens with one attached hydrogen (secondary N) is 1. The van der Waals surface area contributed by atoms with Crippen LogP contribution in [0.5, 0.6) is 0 Å². The maximum atomic E-state index is 9.29. The third-order valence-electron chi connectivity index (χ3n) is 3.24. The fraction of sp³-hybridized carbons (Fsp3) is 0.250. The second kappa shape index (κ2) is 6.34. The highest BCUT2D eigenvalue weighted by atomic mass is 35.5. The lowest BCUT2D eigenvalue weighted by molar-refractivity contribution is 0.870. The molecule has 0 saturated carbocycles. The maximum Gasteiger partial charge on any atom is 0.144 e. The Balaban J connectivity index is 2.36. The Morgan fingerprint density at radius 2 is 1.95 bits per heavy atom. The second-order valence-electron chi connectivity index (χ2n) is 4.95. The summed E-state index contributed by atoms with van der Waals surface area (Å²) in [6.45, 7) is 5.77. The van der Waals surface area contributed by atoms with Gasteiger partial charge in [-0.05, 0) is 50.1 Å². The standard InChI is InChI=1S/C16H15Cl2N3/c1-9-6-10(2)20-16(14(9)8-19)21-11(3)13-5-4-12(17)7-15(13)18/h4-7,11H,1-3H3,(H,20,21). The van der Waals surface area contributed by atoms with Gasteiger partial charge >= 0.3 is 0 Å². The molecule has 2 rings (SSSR count). The van der Waals surface area contributed by atoms with Crippen molar-refractivity contribution in [2.24, 2.45) is 0 Å². The van der Waals surface area contributed by atoms with Crippen molar-refractivity contribution in [2.75, 3.05) is 5.32 Å². The Labute approximate surface area is 134 Å². The zero-order valence-electron chi connectivity index (χ0n) is 12.0. The molecule has 0 aliphatic heterocycles. The number of benzene rings is 1. The highest BCUT2D eigenvalue weighted by Crippen LogP contribution is 2.29. The van der Waals surface area contributed by atoms with Gasteiger partial charge < -0.3 is 5.32 Å². The average Bonchev–Trinajstić information content (AvgIpc) is 2.37. The van der Waals surface area contributed by atoms with Gasteiger partial charge in [-0.1, -0.05) is 29.3 Å². The molecule has 2 aromatic rings. The van der Waals surface area contributed by atoms with Crippen molar-refractivity contribution < 1.29 is 0 Å². The zero-order chi connectivity index (χ0) is 15.6. The van der Waals surface area contributed by atoms with Crippen LogP contribution in [0.15, 0.2) is 24.3 Å². The van der Waals surface area contributed by atoms with Crippen LogP contribution < -0.4 is 5.32 Å². The lowest BCUT2D eigenvalue weighted by Gasteiger charge is -2.18. The van der Waals surface area contributed by atoms with Crippen LogP contribution in [0, 0.1) is 25.2 Å². The quantitative estimate of drug-likeness (QED) is 0.861. The fourth-order valence-electron chi connectivity index (χ4n) is 2.22. The number of aryl methyl sites for hydroxylation is 2. The number of nitriles is 1. The van der Waals surface area contributed by atoms with Crippen molar-refractivity contribution in [3.05, 3.63) is 56.7 Å². The van der Waals surface area contributed by atoms with Crippen LogP contribution in [0.1, 0.15) is 35.3 Å². The molecule has 1 aromatic heterocycles. The maximum absolute atomic E-state index is 9.29. The lowest BCUT2D eigenvalue weighted by Crippen LogP contribution is -2.11. The monoisotopic (exact) mass is 319 g/mol. The predicted molar refractivity (Wildman–Crippen MR) is 86.9 cm³/mol. The van der Waals surface area contributed by atoms with E-state index in [0.29, 0.717) is 21.4 Å². The summed E-state index contributed by atoms with van der Waals surface area (Å²) in [5, 5.41) is 13.7. The van der Waals surface area contributed by atoms with E-state index < -0.39 is 0 Å². The third-order valence-corrected chi connectivity index (χ3v) is 3.80. The number of aromatic nitrogens is 1. The van der Waals surface area contributed by atoms with Crippen molar-refractivity contribution in [3.8, 4) is 6.07 Å². The molecule has 1 atom stereocenters. The Hall–Kier alpha value is -1.76. The number of hydrogen-bond donors (Lipinski definition) is 1. The summed E-state index contributed by atoms with van der Waals surface area (Å²) in [6, 6.07) is 9.37. The molecule has 0 aliphatic carbocycles. The van der Waals surface area contributed by atoms with Gasteiger partial charge in [0.2, 0.25) is 0 Å². The average molecular weight is 320 g/mol. The molecule has 1 aromatic carbocycles. The van der Waals surface area contributed by atoms with Gasteiger partial charge in [0.15, 0.2) is 0 Å². The number of rotatable bonds is 3. The highest BCUT2D eigenvalue weighted by Gasteiger charge is 2.14. The number of nitrogens with zero attached hydrogens (tertiary/aromatic N) is 2. The van der Waals surface area contributed by atoms with Crippen molar-refractivity contribution in [3.63, 3.8) is 0 Å². The Morgan fingerprint density at radius 1 is 1.24 bits per heavy atom. The van der Waals surface area contributed by atoms with E-state index in [-0.39, 0.29) is 6.04 Å². The number of pyridine rings is 1. The topological polar surface area (TPSA) is 48.7 Å². The Kier molecular flexibility index (Phi) is 4.72. The highest BCUT2D eigenvalue weighted by molar-refractivity contribution is 6.35. The Bertz CT molecular complexity index is 720. The molecule has 0 aliphatic rings. The van der Waals surface area contributed by atoms with Crippen molar-refractivity contribution in [2.45, 2.75) is 26.8 Å². The fourth-order valence-corrected chi connectivity index (χ4v) is 2.79. The molecule has 0 fully saturated rings. The van der Waals surface area contributed by atoms with Crippen LogP contribution in [0.25, 0.3) is 0 Å². The summed E-state index contributed by atoms with van der Waals surface area (Å²) >= 11 is 12.1. The first-order valence-electron chi connectivity index (χ1n) is 6.52. The van der Waals surface area contributed by atoms with E-state index in [2.05, 4.69) is 16.4 Å². The van der Waals surface area contributed by atoms with Gasteiger partial charge in [0, 0.05) is 15.7 Å². The molecule has 108 valence electrons. The minimum absolute atomic E-state index is 0.0874. The molecule has 0 spiro atoms. The van der Waals surface area contributed by atoms with Gasteiger partial charge in [-0.25, -0.2) is 4.98 Å². The second-order valence-corrected chi connectivity index (χ2v) is 5.79. The number of hydrogen-bond acceptors (Lipinski definition) is 3. The van der Waals surface area contributed by atoms with Gasteiger partial charge in [0.25, 0.3) is 0 Å². The van der Waals surface area contributed by atoms with Gasteiger partial charge in [-0.15, -0.1) is 0 Å². The summed E-state index contributed by atoms with van der Waals surface area (Å²) in [4.78, 5) is 4.41. The van der Waals surface area contributed by atoms with Crippen LogP contribution in [0.4, 0.5) is 5.82 Å². The molecule has 0 amide bonds. The molecule has 1 heterocycles. The van der Waals surface area contributed by atoms with E-state index in [4.69, 9.17) is 23.2 Å². The molecule has 0 bridgehead atoms. The molecule has 21 heavy (non-hydrogen) atoms. The van der Waals surface area contributed by atoms with Crippen molar-refractivity contribution in [1.29, 1.82) is 5.26 Å². The first kappa shape index (κ1) is 15.6. The Morgan fingerprint density at radius 3 is 2.57 bits per heavy atom. The number of halogens is 2. The third kappa shape index (κ3) is 3.47. The van der Waals surface area contributed by atoms with Crippen LogP contribution in [-0.4, -0.2) is 4.98 Å². The normalized spacial score (nSPS) is 11.8. The molecular weight excluding hydrogens is 305 g/mol. The molecule has 1 unspecified atom stereocenters. The van der Waals surface area contributed by atoms with Crippen LogP contribution in [-0.2, 0) is 0 Å². The van der Waals surface area contributed by atoms with E-state index in [1.807, 2.05) is 32.9 Å². The van der Waals surface area contributed by atoms with Crippen molar-refractivity contribution in [1.82, 2.24) is 4.98 Å². The zero-order valence-corrected chi connectivity index (χ0v) is 13.5. The molecule has 5 heteroatoms. The summed E-state index contributed by atoms with van der Waals surface area (Å²) < 4.78 is 0. The first-order valence-corrected chi connectivity index (χ1v) is 7.27. The molecule has 1 N–H and O–H groups in total.